The molecule has 31 heavy (non-hydrogen) atoms. The summed E-state index contributed by atoms with van der Waals surface area (Å²) in [4.78, 5) is 4.76. The first-order valence-electron chi connectivity index (χ1n) is 9.87. The third-order valence-electron chi connectivity index (χ3n) is 4.24. The predicted octanol–water partition coefficient (Wildman–Crippen LogP) is 6.07. The van der Waals surface area contributed by atoms with Crippen molar-refractivity contribution in [3.8, 4) is 17.0 Å². The Balaban J connectivity index is 1.62. The second-order valence-electron chi connectivity index (χ2n) is 6.42. The molecule has 0 saturated heterocycles. The van der Waals surface area contributed by atoms with Gasteiger partial charge in [-0.05, 0) is 0 Å². The molecule has 0 bridgehead atoms. The molecule has 0 spiro atoms. The van der Waals surface area contributed by atoms with Crippen LogP contribution in [0.1, 0.15) is 12.5 Å². The van der Waals surface area contributed by atoms with Crippen LogP contribution < -0.4 is 10.2 Å². The summed E-state index contributed by atoms with van der Waals surface area (Å²) in [6.07, 6.45) is 1.78. The van der Waals surface area contributed by atoms with Crippen LogP contribution in [0.4, 0.5) is 14.9 Å². The fourth-order valence-corrected chi connectivity index (χ4v) is 4.42. The zero-order valence-corrected chi connectivity index (χ0v) is 18.7. The van der Waals surface area contributed by atoms with Gasteiger partial charge in [-0.3, -0.25) is 0 Å². The first-order chi connectivity index (χ1) is 15.3. The Kier molecular flexibility index (Phi) is 7.00. The van der Waals surface area contributed by atoms with Gasteiger partial charge in [0.05, 0.1) is 0 Å². The van der Waals surface area contributed by atoms with Crippen molar-refractivity contribution in [1.29, 1.82) is 0 Å². The van der Waals surface area contributed by atoms with E-state index < -0.39 is 0 Å². The number of benzene rings is 3. The van der Waals surface area contributed by atoms with Crippen molar-refractivity contribution in [3.05, 3.63) is 90.5 Å². The summed E-state index contributed by atoms with van der Waals surface area (Å²) in [6, 6.07) is 27.6. The van der Waals surface area contributed by atoms with E-state index in [0.717, 1.165) is 26.1 Å². The second kappa shape index (κ2) is 10.5. The number of para-hydroxylation sites is 1. The Morgan fingerprint density at radius 1 is 0.903 bits per heavy atom. The van der Waals surface area contributed by atoms with Gasteiger partial charge in [-0.2, -0.15) is 0 Å². The van der Waals surface area contributed by atoms with Gasteiger partial charge in [-0.1, -0.05) is 0 Å². The Hall–Kier alpha value is -3.54. The van der Waals surface area contributed by atoms with Crippen LogP contribution in [0.5, 0.6) is 5.75 Å². The van der Waals surface area contributed by atoms with Gasteiger partial charge in [-0.25, -0.2) is 0 Å². The minimum atomic E-state index is -0.150. The minimum absolute atomic E-state index is 0.150. The van der Waals surface area contributed by atoms with Crippen molar-refractivity contribution >= 4 is 35.7 Å². The number of nitrogens with one attached hydrogen (secondary N) is 1. The number of hydrazone groups is 1. The van der Waals surface area contributed by atoms with Gasteiger partial charge in [0.15, 0.2) is 0 Å². The first kappa shape index (κ1) is 20.7. The fraction of sp³-hybridized carbons (Fsp3) is 0.0833. The topological polar surface area (TPSA) is 71.2 Å². The molecule has 6 nitrogen and oxygen atoms in total. The van der Waals surface area contributed by atoms with Gasteiger partial charge < -0.3 is 0 Å². The molecule has 0 aliphatic rings. The first-order valence-corrected chi connectivity index (χ1v) is 11.6. The molecular formula is C24H21N5OSe. The molecule has 4 rings (SSSR count). The van der Waals surface area contributed by atoms with Crippen LogP contribution in [0.15, 0.2) is 100 Å². The average Bonchev–Trinajstić information content (AvgIpc) is 3.23. The van der Waals surface area contributed by atoms with E-state index in [2.05, 4.69) is 20.8 Å². The number of hydrogen-bond donors (Lipinski definition) is 1. The zero-order valence-electron chi connectivity index (χ0n) is 17.0. The van der Waals surface area contributed by atoms with Gasteiger partial charge in [-0.15, -0.1) is 0 Å². The van der Waals surface area contributed by atoms with E-state index in [4.69, 9.17) is 9.72 Å². The van der Waals surface area contributed by atoms with Crippen LogP contribution in [0, 0.1) is 0 Å². The molecule has 7 heteroatoms. The van der Waals surface area contributed by atoms with Crippen molar-refractivity contribution in [3.63, 3.8) is 0 Å². The summed E-state index contributed by atoms with van der Waals surface area (Å²) in [5.74, 6) is 0.716. The summed E-state index contributed by atoms with van der Waals surface area (Å²) < 4.78 is 7.27. The number of azo groups is 1. The van der Waals surface area contributed by atoms with Crippen LogP contribution in [0.25, 0.3) is 11.3 Å². The Bertz CT molecular complexity index is 1170. The van der Waals surface area contributed by atoms with E-state index >= 15 is 0 Å². The maximum absolute atomic E-state index is 5.66. The summed E-state index contributed by atoms with van der Waals surface area (Å²) in [5, 5.41) is 13.4. The van der Waals surface area contributed by atoms with Gasteiger partial charge in [0.25, 0.3) is 0 Å². The van der Waals surface area contributed by atoms with Crippen molar-refractivity contribution in [1.82, 2.24) is 4.98 Å². The van der Waals surface area contributed by atoms with E-state index in [0.29, 0.717) is 18.0 Å². The molecule has 0 fully saturated rings. The molecule has 1 aromatic heterocycles. The average molecular weight is 474 g/mol. The Morgan fingerprint density at radius 3 is 2.39 bits per heavy atom. The van der Waals surface area contributed by atoms with Crippen LogP contribution in [-0.2, 0) is 0 Å². The van der Waals surface area contributed by atoms with Crippen LogP contribution in [-0.4, -0.2) is 32.3 Å². The summed E-state index contributed by atoms with van der Waals surface area (Å²) in [7, 11) is 0. The molecule has 0 aliphatic heterocycles. The molecule has 0 unspecified atom stereocenters. The van der Waals surface area contributed by atoms with Crippen molar-refractivity contribution in [2.24, 2.45) is 15.3 Å². The number of hydrogen-bond acceptors (Lipinski definition) is 6. The van der Waals surface area contributed by atoms with Crippen molar-refractivity contribution in [2.75, 3.05) is 12.0 Å². The molecule has 0 saturated carbocycles. The third-order valence-corrected chi connectivity index (χ3v) is 6.01. The number of ether oxygens (including phenoxy) is 1. The SMILES string of the molecule is CCOc1ccccc1N=Nc1[se]c(N/N=C\c2ccccc2)nc1-c1ccccc1. The van der Waals surface area contributed by atoms with Crippen LogP contribution in [0.3, 0.4) is 0 Å². The molecule has 0 atom stereocenters. The van der Waals surface area contributed by atoms with E-state index in [9.17, 15) is 0 Å². The van der Waals surface area contributed by atoms with Crippen LogP contribution >= 0.6 is 0 Å². The Morgan fingerprint density at radius 2 is 1.61 bits per heavy atom. The fourth-order valence-electron chi connectivity index (χ4n) is 2.83. The number of anilines is 1. The molecule has 0 aliphatic carbocycles. The summed E-state index contributed by atoms with van der Waals surface area (Å²) in [6.45, 7) is 2.52. The number of nitrogens with zero attached hydrogens (tertiary/aromatic N) is 4. The van der Waals surface area contributed by atoms with Crippen molar-refractivity contribution < 1.29 is 4.74 Å². The maximum atomic E-state index is 5.66. The predicted molar refractivity (Wildman–Crippen MR) is 126 cm³/mol. The number of rotatable bonds is 8. The Labute approximate surface area is 187 Å². The third kappa shape index (κ3) is 5.54. The molecule has 0 amide bonds. The monoisotopic (exact) mass is 475 g/mol. The van der Waals surface area contributed by atoms with E-state index in [-0.39, 0.29) is 14.5 Å². The zero-order chi connectivity index (χ0) is 21.3. The molecule has 0 radical (unpaired) electrons. The number of aromatic nitrogens is 1. The summed E-state index contributed by atoms with van der Waals surface area (Å²) >= 11 is -0.150. The molecular weight excluding hydrogens is 453 g/mol. The van der Waals surface area contributed by atoms with Gasteiger partial charge in [0, 0.05) is 0 Å². The second-order valence-corrected chi connectivity index (χ2v) is 8.47. The van der Waals surface area contributed by atoms with E-state index in [1.54, 1.807) is 6.21 Å². The molecule has 1 heterocycles. The molecule has 1 N–H and O–H groups in total. The summed E-state index contributed by atoms with van der Waals surface area (Å²) in [5.41, 5.74) is 6.60. The van der Waals surface area contributed by atoms with Gasteiger partial charge in [0.2, 0.25) is 0 Å². The van der Waals surface area contributed by atoms with Gasteiger partial charge in [0.1, 0.15) is 0 Å². The van der Waals surface area contributed by atoms with Crippen LogP contribution in [0.2, 0.25) is 0 Å². The quantitative estimate of drug-likeness (QED) is 0.146. The molecule has 3 aromatic carbocycles. The normalized spacial score (nSPS) is 11.3. The van der Waals surface area contributed by atoms with E-state index in [1.807, 2.05) is 91.9 Å². The van der Waals surface area contributed by atoms with E-state index in [1.165, 1.54) is 0 Å². The van der Waals surface area contributed by atoms with Gasteiger partial charge >= 0.3 is 187 Å². The molecule has 154 valence electrons. The van der Waals surface area contributed by atoms with Crippen molar-refractivity contribution in [2.45, 2.75) is 6.92 Å². The molecule has 4 aromatic rings. The standard InChI is InChI=1S/C24H21N5OSe/c1-2-30-21-16-10-9-15-20(21)27-28-23-22(19-13-7-4-8-14-19)26-24(31-23)29-25-17-18-11-5-3-6-12-18/h3-17H,2H2,1H3,(H,26,29)/b25-17-,28-27?.